The Morgan fingerprint density at radius 1 is 1.29 bits per heavy atom. The maximum absolute atomic E-state index is 12.1. The summed E-state index contributed by atoms with van der Waals surface area (Å²) in [6.07, 6.45) is 2.19. The van der Waals surface area contributed by atoms with E-state index in [1.165, 1.54) is 0 Å². The molecular formula is C15H19N3O3. The molecule has 0 bridgehead atoms. The molecule has 2 amide bonds. The Hall–Kier alpha value is -2.50. The van der Waals surface area contributed by atoms with Gasteiger partial charge >= 0.3 is 12.0 Å². The van der Waals surface area contributed by atoms with E-state index in [9.17, 15) is 9.59 Å². The number of carboxylic acid groups (broad SMARTS) is 1. The molecule has 0 unspecified atom stereocenters. The van der Waals surface area contributed by atoms with Crippen LogP contribution in [0.5, 0.6) is 0 Å². The van der Waals surface area contributed by atoms with Gasteiger partial charge in [-0.1, -0.05) is 6.07 Å². The first-order valence-electron chi connectivity index (χ1n) is 6.74. The Morgan fingerprint density at radius 2 is 2.05 bits per heavy atom. The molecule has 0 saturated heterocycles. The van der Waals surface area contributed by atoms with E-state index >= 15 is 0 Å². The SMILES string of the molecule is CC(C)(CCC(=O)O)NC(=O)Nc1cccc2[nH]ccc12. The Labute approximate surface area is 122 Å². The number of H-pyrrole nitrogens is 1. The van der Waals surface area contributed by atoms with Crippen LogP contribution in [0.4, 0.5) is 10.5 Å². The van der Waals surface area contributed by atoms with Crippen LogP contribution < -0.4 is 10.6 Å². The number of carbonyl (C=O) groups is 2. The van der Waals surface area contributed by atoms with E-state index in [2.05, 4.69) is 15.6 Å². The van der Waals surface area contributed by atoms with Gasteiger partial charge in [-0.3, -0.25) is 4.79 Å². The number of hydrogen-bond donors (Lipinski definition) is 4. The van der Waals surface area contributed by atoms with Gasteiger partial charge in [0.15, 0.2) is 0 Å². The minimum atomic E-state index is -0.873. The number of urea groups is 1. The Morgan fingerprint density at radius 3 is 2.76 bits per heavy atom. The maximum atomic E-state index is 12.1. The normalized spacial score (nSPS) is 11.3. The molecule has 0 fully saturated rings. The van der Waals surface area contributed by atoms with E-state index in [0.29, 0.717) is 12.1 Å². The van der Waals surface area contributed by atoms with E-state index in [1.54, 1.807) is 13.8 Å². The lowest BCUT2D eigenvalue weighted by Crippen LogP contribution is -2.45. The summed E-state index contributed by atoms with van der Waals surface area (Å²) < 4.78 is 0. The molecule has 0 spiro atoms. The molecule has 1 heterocycles. The van der Waals surface area contributed by atoms with Crippen LogP contribution in [0.2, 0.25) is 0 Å². The second-order valence-corrected chi connectivity index (χ2v) is 5.60. The summed E-state index contributed by atoms with van der Waals surface area (Å²) in [5, 5.41) is 15.2. The highest BCUT2D eigenvalue weighted by Crippen LogP contribution is 2.22. The summed E-state index contributed by atoms with van der Waals surface area (Å²) in [5.74, 6) is -0.873. The fourth-order valence-electron chi connectivity index (χ4n) is 2.14. The van der Waals surface area contributed by atoms with Crippen molar-refractivity contribution < 1.29 is 14.7 Å². The maximum Gasteiger partial charge on any atom is 0.319 e. The molecule has 112 valence electrons. The predicted octanol–water partition coefficient (Wildman–Crippen LogP) is 2.93. The number of carboxylic acids is 1. The van der Waals surface area contributed by atoms with Gasteiger partial charge in [-0.25, -0.2) is 4.79 Å². The molecule has 0 atom stereocenters. The molecule has 2 aromatic rings. The highest BCUT2D eigenvalue weighted by atomic mass is 16.4. The minimum absolute atomic E-state index is 0.0146. The number of amides is 2. The van der Waals surface area contributed by atoms with Crippen LogP contribution in [0.3, 0.4) is 0 Å². The first-order valence-corrected chi connectivity index (χ1v) is 6.74. The number of carbonyl (C=O) groups excluding carboxylic acids is 1. The van der Waals surface area contributed by atoms with E-state index in [1.807, 2.05) is 30.5 Å². The molecule has 4 N–H and O–H groups in total. The second-order valence-electron chi connectivity index (χ2n) is 5.60. The fraction of sp³-hybridized carbons (Fsp3) is 0.333. The summed E-state index contributed by atoms with van der Waals surface area (Å²) in [6, 6.07) is 7.14. The van der Waals surface area contributed by atoms with Gasteiger partial charge in [-0.2, -0.15) is 0 Å². The van der Waals surface area contributed by atoms with Crippen LogP contribution in [-0.4, -0.2) is 27.6 Å². The van der Waals surface area contributed by atoms with Crippen molar-refractivity contribution in [3.63, 3.8) is 0 Å². The number of rotatable bonds is 5. The summed E-state index contributed by atoms with van der Waals surface area (Å²) in [4.78, 5) is 25.7. The molecule has 1 aromatic heterocycles. The van der Waals surface area contributed by atoms with Crippen molar-refractivity contribution in [3.8, 4) is 0 Å². The molecule has 6 nitrogen and oxygen atoms in total. The van der Waals surface area contributed by atoms with Crippen molar-refractivity contribution in [2.24, 2.45) is 0 Å². The standard InChI is InChI=1S/C15H19N3O3/c1-15(2,8-6-13(19)20)18-14(21)17-12-5-3-4-11-10(12)7-9-16-11/h3-5,7,9,16H,6,8H2,1-2H3,(H,19,20)(H2,17,18,21). The number of hydrogen-bond acceptors (Lipinski definition) is 2. The molecule has 0 aliphatic heterocycles. The molecule has 0 saturated carbocycles. The third-order valence-electron chi connectivity index (χ3n) is 3.26. The van der Waals surface area contributed by atoms with Crippen molar-refractivity contribution in [2.75, 3.05) is 5.32 Å². The zero-order valence-electron chi connectivity index (χ0n) is 12.1. The van der Waals surface area contributed by atoms with Crippen molar-refractivity contribution in [3.05, 3.63) is 30.5 Å². The van der Waals surface area contributed by atoms with E-state index < -0.39 is 11.5 Å². The Balaban J connectivity index is 2.01. The molecule has 2 rings (SSSR count). The minimum Gasteiger partial charge on any atom is -0.481 e. The number of anilines is 1. The summed E-state index contributed by atoms with van der Waals surface area (Å²) in [7, 11) is 0. The van der Waals surface area contributed by atoms with Crippen LogP contribution in [0.15, 0.2) is 30.5 Å². The van der Waals surface area contributed by atoms with Crippen LogP contribution >= 0.6 is 0 Å². The van der Waals surface area contributed by atoms with Gasteiger partial charge in [0.1, 0.15) is 0 Å². The second kappa shape index (κ2) is 5.87. The lowest BCUT2D eigenvalue weighted by Gasteiger charge is -2.25. The summed E-state index contributed by atoms with van der Waals surface area (Å²) in [5.41, 5.74) is 1.06. The molecular weight excluding hydrogens is 270 g/mol. The van der Waals surface area contributed by atoms with Crippen LogP contribution in [0.1, 0.15) is 26.7 Å². The highest BCUT2D eigenvalue weighted by Gasteiger charge is 2.21. The zero-order valence-corrected chi connectivity index (χ0v) is 12.1. The quantitative estimate of drug-likeness (QED) is 0.681. The Bertz CT molecular complexity index is 661. The van der Waals surface area contributed by atoms with Gasteiger partial charge in [0.25, 0.3) is 0 Å². The van der Waals surface area contributed by atoms with Crippen molar-refractivity contribution in [2.45, 2.75) is 32.2 Å². The van der Waals surface area contributed by atoms with Gasteiger partial charge in [0, 0.05) is 29.1 Å². The van der Waals surface area contributed by atoms with Gasteiger partial charge < -0.3 is 20.7 Å². The third-order valence-corrected chi connectivity index (χ3v) is 3.26. The van der Waals surface area contributed by atoms with Crippen molar-refractivity contribution in [1.82, 2.24) is 10.3 Å². The molecule has 21 heavy (non-hydrogen) atoms. The van der Waals surface area contributed by atoms with Crippen LogP contribution in [-0.2, 0) is 4.79 Å². The summed E-state index contributed by atoms with van der Waals surface area (Å²) in [6.45, 7) is 3.60. The average Bonchev–Trinajstić information content (AvgIpc) is 2.85. The van der Waals surface area contributed by atoms with Crippen molar-refractivity contribution >= 4 is 28.6 Å². The first-order chi connectivity index (χ1) is 9.87. The Kier molecular flexibility index (Phi) is 4.16. The number of nitrogens with one attached hydrogen (secondary N) is 3. The van der Waals surface area contributed by atoms with Gasteiger partial charge in [0.05, 0.1) is 5.69 Å². The van der Waals surface area contributed by atoms with Crippen LogP contribution in [0, 0.1) is 0 Å². The third kappa shape index (κ3) is 3.98. The van der Waals surface area contributed by atoms with Gasteiger partial charge in [-0.15, -0.1) is 0 Å². The number of aromatic nitrogens is 1. The molecule has 0 radical (unpaired) electrons. The lowest BCUT2D eigenvalue weighted by atomic mass is 9.99. The van der Waals surface area contributed by atoms with E-state index in [4.69, 9.17) is 5.11 Å². The molecule has 6 heteroatoms. The monoisotopic (exact) mass is 289 g/mol. The largest absolute Gasteiger partial charge is 0.481 e. The summed E-state index contributed by atoms with van der Waals surface area (Å²) >= 11 is 0. The molecule has 1 aromatic carbocycles. The topological polar surface area (TPSA) is 94.2 Å². The zero-order chi connectivity index (χ0) is 15.5. The fourth-order valence-corrected chi connectivity index (χ4v) is 2.14. The van der Waals surface area contributed by atoms with Gasteiger partial charge in [-0.05, 0) is 38.5 Å². The first kappa shape index (κ1) is 14.9. The number of benzene rings is 1. The lowest BCUT2D eigenvalue weighted by molar-refractivity contribution is -0.137. The smallest absolute Gasteiger partial charge is 0.319 e. The van der Waals surface area contributed by atoms with Crippen molar-refractivity contribution in [1.29, 1.82) is 0 Å². The number of aliphatic carboxylic acids is 1. The van der Waals surface area contributed by atoms with Crippen LogP contribution in [0.25, 0.3) is 10.9 Å². The predicted molar refractivity (Wildman–Crippen MR) is 81.4 cm³/mol. The van der Waals surface area contributed by atoms with E-state index in [0.717, 1.165) is 10.9 Å². The number of fused-ring (bicyclic) bond motifs is 1. The number of aromatic amines is 1. The molecule has 0 aliphatic carbocycles. The highest BCUT2D eigenvalue weighted by molar-refractivity contribution is 6.00. The molecule has 0 aliphatic rings. The average molecular weight is 289 g/mol. The van der Waals surface area contributed by atoms with E-state index in [-0.39, 0.29) is 12.5 Å². The van der Waals surface area contributed by atoms with Gasteiger partial charge in [0.2, 0.25) is 0 Å².